The molecule has 1 unspecified atom stereocenters. The normalized spacial score (nSPS) is 14.9. The fraction of sp³-hybridized carbons (Fsp3) is 0.286. The lowest BCUT2D eigenvalue weighted by Gasteiger charge is -2.18. The van der Waals surface area contributed by atoms with Crippen LogP contribution in [0.15, 0.2) is 61.1 Å². The first-order chi connectivity index (χ1) is 17.8. The second kappa shape index (κ2) is 12.6. The molecule has 0 spiro atoms. The molecule has 0 saturated carbocycles. The number of aromatic hydroxyl groups is 1. The average molecular weight is 527 g/mol. The summed E-state index contributed by atoms with van der Waals surface area (Å²) >= 11 is 6.46. The number of benzene rings is 2. The van der Waals surface area contributed by atoms with Crippen LogP contribution in [0.25, 0.3) is 22.3 Å². The SMILES string of the molecule is CC.CN(C)/C=C\N(C=O)c1ccc(-c2cc(F)cc(-c3ccnc(N4CCC(O)C4)c3)c2O)cc1Cl. The number of aromatic nitrogens is 1. The lowest BCUT2D eigenvalue weighted by molar-refractivity contribution is -0.106. The Bertz CT molecular complexity index is 1270. The molecule has 1 aliphatic heterocycles. The zero-order chi connectivity index (χ0) is 27.1. The van der Waals surface area contributed by atoms with E-state index in [0.29, 0.717) is 54.1 Å². The third kappa shape index (κ3) is 6.58. The molecule has 4 rings (SSSR count). The van der Waals surface area contributed by atoms with E-state index in [1.807, 2.05) is 32.8 Å². The van der Waals surface area contributed by atoms with Crippen molar-refractivity contribution >= 4 is 29.5 Å². The van der Waals surface area contributed by atoms with Crippen molar-refractivity contribution in [2.45, 2.75) is 26.4 Å². The lowest BCUT2D eigenvalue weighted by Crippen LogP contribution is -2.22. The van der Waals surface area contributed by atoms with Crippen LogP contribution in [0.4, 0.5) is 15.9 Å². The number of phenols is 1. The zero-order valence-corrected chi connectivity index (χ0v) is 22.2. The maximum absolute atomic E-state index is 14.7. The van der Waals surface area contributed by atoms with E-state index in [0.717, 1.165) is 0 Å². The summed E-state index contributed by atoms with van der Waals surface area (Å²) in [7, 11) is 3.66. The maximum Gasteiger partial charge on any atom is 0.218 e. The first-order valence-corrected chi connectivity index (χ1v) is 12.4. The van der Waals surface area contributed by atoms with Gasteiger partial charge >= 0.3 is 0 Å². The molecule has 196 valence electrons. The van der Waals surface area contributed by atoms with Crippen LogP contribution >= 0.6 is 11.6 Å². The molecule has 1 amide bonds. The fourth-order valence-corrected chi connectivity index (χ4v) is 4.29. The van der Waals surface area contributed by atoms with Crippen LogP contribution in [0.5, 0.6) is 5.75 Å². The predicted molar refractivity (Wildman–Crippen MR) is 147 cm³/mol. The minimum Gasteiger partial charge on any atom is -0.507 e. The molecule has 2 heterocycles. The maximum atomic E-state index is 14.7. The third-order valence-electron chi connectivity index (χ3n) is 5.79. The molecule has 0 bridgehead atoms. The number of aliphatic hydroxyl groups is 1. The lowest BCUT2D eigenvalue weighted by atomic mass is 9.97. The average Bonchev–Trinajstić information content (AvgIpc) is 3.33. The summed E-state index contributed by atoms with van der Waals surface area (Å²) < 4.78 is 14.7. The molecular weight excluding hydrogens is 495 g/mol. The molecule has 1 aromatic heterocycles. The number of hydrogen-bond donors (Lipinski definition) is 2. The van der Waals surface area contributed by atoms with Gasteiger partial charge in [0.1, 0.15) is 17.4 Å². The van der Waals surface area contributed by atoms with Crippen molar-refractivity contribution in [3.63, 3.8) is 0 Å². The Morgan fingerprint density at radius 3 is 2.32 bits per heavy atom. The molecule has 9 heteroatoms. The highest BCUT2D eigenvalue weighted by atomic mass is 35.5. The third-order valence-corrected chi connectivity index (χ3v) is 6.10. The highest BCUT2D eigenvalue weighted by Gasteiger charge is 2.22. The Morgan fingerprint density at radius 2 is 1.76 bits per heavy atom. The second-order valence-electron chi connectivity index (χ2n) is 8.58. The summed E-state index contributed by atoms with van der Waals surface area (Å²) in [4.78, 5) is 21.0. The van der Waals surface area contributed by atoms with Crippen molar-refractivity contribution in [3.05, 3.63) is 71.9 Å². The zero-order valence-electron chi connectivity index (χ0n) is 21.4. The summed E-state index contributed by atoms with van der Waals surface area (Å²) in [6.45, 7) is 5.15. The van der Waals surface area contributed by atoms with Gasteiger partial charge in [0.05, 0.1) is 16.8 Å². The quantitative estimate of drug-likeness (QED) is 0.395. The number of phenolic OH excluding ortho intramolecular Hbond substituents is 1. The van der Waals surface area contributed by atoms with E-state index < -0.39 is 11.9 Å². The predicted octanol–water partition coefficient (Wildman–Crippen LogP) is 5.51. The summed E-state index contributed by atoms with van der Waals surface area (Å²) in [5.41, 5.74) is 2.12. The molecule has 1 saturated heterocycles. The van der Waals surface area contributed by atoms with Gasteiger partial charge < -0.3 is 20.0 Å². The number of aliphatic hydroxyl groups excluding tert-OH is 1. The van der Waals surface area contributed by atoms with Gasteiger partial charge in [0.2, 0.25) is 6.41 Å². The number of β-amino-alcohol motifs (C(OH)–C–C–N with tert-alkyl or cyclic N) is 1. The van der Waals surface area contributed by atoms with Crippen molar-refractivity contribution in [1.29, 1.82) is 0 Å². The van der Waals surface area contributed by atoms with Gasteiger partial charge in [-0.05, 0) is 53.9 Å². The molecule has 1 aliphatic rings. The summed E-state index contributed by atoms with van der Waals surface area (Å²) in [6, 6.07) is 10.9. The Labute approximate surface area is 222 Å². The first-order valence-electron chi connectivity index (χ1n) is 12.1. The van der Waals surface area contributed by atoms with Crippen molar-refractivity contribution < 1.29 is 19.4 Å². The number of amides is 1. The number of rotatable bonds is 7. The number of anilines is 2. The Kier molecular flexibility index (Phi) is 9.49. The van der Waals surface area contributed by atoms with Crippen LogP contribution in [-0.4, -0.2) is 59.8 Å². The van der Waals surface area contributed by atoms with Gasteiger partial charge in [-0.1, -0.05) is 31.5 Å². The molecule has 37 heavy (non-hydrogen) atoms. The van der Waals surface area contributed by atoms with Crippen LogP contribution in [-0.2, 0) is 4.79 Å². The number of hydrogen-bond acceptors (Lipinski definition) is 6. The fourth-order valence-electron chi connectivity index (χ4n) is 4.01. The minimum absolute atomic E-state index is 0.103. The molecule has 3 aromatic rings. The van der Waals surface area contributed by atoms with Gasteiger partial charge in [0, 0.05) is 56.9 Å². The van der Waals surface area contributed by atoms with Crippen LogP contribution < -0.4 is 9.80 Å². The largest absolute Gasteiger partial charge is 0.507 e. The van der Waals surface area contributed by atoms with Crippen LogP contribution in [0, 0.1) is 5.82 Å². The van der Waals surface area contributed by atoms with Crippen LogP contribution in [0.3, 0.4) is 0 Å². The number of carbonyl (C=O) groups excluding carboxylic acids is 1. The van der Waals surface area contributed by atoms with Gasteiger partial charge in [-0.2, -0.15) is 0 Å². The summed E-state index contributed by atoms with van der Waals surface area (Å²) in [5.74, 6) is 0.0244. The van der Waals surface area contributed by atoms with E-state index in [1.54, 1.807) is 53.8 Å². The first kappa shape index (κ1) is 28.0. The van der Waals surface area contributed by atoms with Gasteiger partial charge in [-0.25, -0.2) is 9.37 Å². The molecule has 0 aliphatic carbocycles. The Morgan fingerprint density at radius 1 is 1.08 bits per heavy atom. The Balaban J connectivity index is 0.00000186. The number of halogens is 2. The summed E-state index contributed by atoms with van der Waals surface area (Å²) in [5, 5.41) is 21.2. The standard InChI is InChI=1S/C26H26ClFN4O3.C2H6/c1-30(2)9-10-32(16-33)24-4-3-17(11-23(24)27)21-13-19(28)14-22(26(21)35)18-5-7-29-25(12-18)31-8-6-20(34)15-31;1-2/h3-5,7,9-14,16,20,34-35H,6,8,15H2,1-2H3;1-2H3/b10-9-;. The molecule has 1 atom stereocenters. The van der Waals surface area contributed by atoms with Crippen molar-refractivity contribution in [2.75, 3.05) is 37.0 Å². The highest BCUT2D eigenvalue weighted by Crippen LogP contribution is 2.41. The molecular formula is C28H32ClFN4O3. The highest BCUT2D eigenvalue weighted by molar-refractivity contribution is 6.34. The van der Waals surface area contributed by atoms with Crippen LogP contribution in [0.2, 0.25) is 5.02 Å². The minimum atomic E-state index is -0.522. The van der Waals surface area contributed by atoms with Crippen molar-refractivity contribution in [2.24, 2.45) is 0 Å². The smallest absolute Gasteiger partial charge is 0.218 e. The number of nitrogens with zero attached hydrogens (tertiary/aromatic N) is 4. The Hall–Kier alpha value is -3.62. The van der Waals surface area contributed by atoms with Gasteiger partial charge in [-0.15, -0.1) is 0 Å². The monoisotopic (exact) mass is 526 g/mol. The van der Waals surface area contributed by atoms with Gasteiger partial charge in [0.15, 0.2) is 0 Å². The van der Waals surface area contributed by atoms with E-state index in [4.69, 9.17) is 11.6 Å². The van der Waals surface area contributed by atoms with Gasteiger partial charge in [0.25, 0.3) is 0 Å². The van der Waals surface area contributed by atoms with Gasteiger partial charge in [-0.3, -0.25) is 9.69 Å². The topological polar surface area (TPSA) is 80.1 Å². The molecule has 1 fully saturated rings. The van der Waals surface area contributed by atoms with E-state index >= 15 is 0 Å². The van der Waals surface area contributed by atoms with E-state index in [9.17, 15) is 19.4 Å². The second-order valence-corrected chi connectivity index (χ2v) is 8.99. The van der Waals surface area contributed by atoms with E-state index in [1.165, 1.54) is 17.0 Å². The number of pyridine rings is 1. The number of carbonyl (C=O) groups is 1. The molecule has 0 radical (unpaired) electrons. The van der Waals surface area contributed by atoms with Crippen LogP contribution in [0.1, 0.15) is 20.3 Å². The molecule has 2 aromatic carbocycles. The van der Waals surface area contributed by atoms with Crippen molar-refractivity contribution in [3.8, 4) is 28.0 Å². The van der Waals surface area contributed by atoms with E-state index in [-0.39, 0.29) is 16.3 Å². The van der Waals surface area contributed by atoms with Crippen molar-refractivity contribution in [1.82, 2.24) is 9.88 Å². The molecule has 7 nitrogen and oxygen atoms in total. The molecule has 2 N–H and O–H groups in total. The van der Waals surface area contributed by atoms with E-state index in [2.05, 4.69) is 4.98 Å². The summed E-state index contributed by atoms with van der Waals surface area (Å²) in [6.07, 6.45) is 5.77.